The summed E-state index contributed by atoms with van der Waals surface area (Å²) in [4.78, 5) is 11.4. The highest BCUT2D eigenvalue weighted by molar-refractivity contribution is 5.65. The lowest BCUT2D eigenvalue weighted by Gasteiger charge is -2.71. The van der Waals surface area contributed by atoms with Crippen molar-refractivity contribution in [3.8, 4) is 0 Å². The molecule has 0 bridgehead atoms. The number of esters is 1. The fourth-order valence-electron chi connectivity index (χ4n) is 13.2. The Balaban J connectivity index is 1.30. The first-order valence-electron chi connectivity index (χ1n) is 21.5. The molecule has 6 N–H and O–H groups in total. The quantitative estimate of drug-likeness (QED) is 0.0998. The van der Waals surface area contributed by atoms with Gasteiger partial charge in [-0.1, -0.05) is 46.8 Å². The largest absolute Gasteiger partial charge is 0.463 e. The van der Waals surface area contributed by atoms with E-state index in [1.807, 2.05) is 32.9 Å². The lowest BCUT2D eigenvalue weighted by molar-refractivity contribution is -0.332. The standard InChI is InChI=1S/C44H74O13/c1-23-32(46)34(48)36(50)37(54-23)55-26-21-29-41(7)18-15-30(57-38-35(49)33(47)27(56-38)22-53-24(2)45)40(5,6)28(41)14-20-42(29,8)43(9)19-13-25(31(26)43)44(10,51)17-12-16-39(3,4)52-11/h12,16,23,25-38,46-51H,13-15,17-22H2,1-11H3/b16-12+/t23-,25?,26?,27+,28?,29?,30?,31?,32-,33+,34+,35-,36-,37+,38+,41?,42?,43?,44?/m1/s1. The monoisotopic (exact) mass is 811 g/mol. The fraction of sp³-hybridized carbons (Fsp3) is 0.932. The number of methoxy groups -OCH3 is 1. The molecule has 2 saturated heterocycles. The lowest BCUT2D eigenvalue weighted by atomic mass is 9.35. The van der Waals surface area contributed by atoms with E-state index in [0.717, 1.165) is 32.1 Å². The maximum atomic E-state index is 12.4. The summed E-state index contributed by atoms with van der Waals surface area (Å²) >= 11 is 0. The molecule has 0 aromatic carbocycles. The van der Waals surface area contributed by atoms with Crippen LogP contribution in [0.4, 0.5) is 0 Å². The Bertz CT molecular complexity index is 1470. The zero-order valence-corrected chi connectivity index (χ0v) is 36.2. The van der Waals surface area contributed by atoms with Crippen LogP contribution in [0.3, 0.4) is 0 Å². The molecule has 13 nitrogen and oxygen atoms in total. The molecule has 0 radical (unpaired) electrons. The van der Waals surface area contributed by atoms with Crippen molar-refractivity contribution in [2.75, 3.05) is 13.7 Å². The maximum Gasteiger partial charge on any atom is 0.302 e. The van der Waals surface area contributed by atoms with E-state index in [4.69, 9.17) is 28.4 Å². The summed E-state index contributed by atoms with van der Waals surface area (Å²) in [6.07, 6.45) is -0.961. The van der Waals surface area contributed by atoms with E-state index in [9.17, 15) is 35.4 Å². The Hall–Kier alpha value is -1.23. The number of carbonyl (C=O) groups is 1. The predicted octanol–water partition coefficient (Wildman–Crippen LogP) is 4.01. The maximum absolute atomic E-state index is 12.4. The molecule has 13 heteroatoms. The van der Waals surface area contributed by atoms with E-state index >= 15 is 0 Å². The summed E-state index contributed by atoms with van der Waals surface area (Å²) in [6, 6.07) is 0. The first kappa shape index (κ1) is 45.3. The van der Waals surface area contributed by atoms with Crippen molar-refractivity contribution in [2.45, 2.75) is 199 Å². The van der Waals surface area contributed by atoms with Crippen molar-refractivity contribution in [1.29, 1.82) is 0 Å². The molecule has 2 aliphatic heterocycles. The molecule has 0 amide bonds. The van der Waals surface area contributed by atoms with E-state index in [-0.39, 0.29) is 58.0 Å². The number of hydrogen-bond acceptors (Lipinski definition) is 13. The van der Waals surface area contributed by atoms with Gasteiger partial charge < -0.3 is 59.1 Å². The number of aliphatic hydroxyl groups excluding tert-OH is 5. The molecule has 6 aliphatic rings. The van der Waals surface area contributed by atoms with Crippen LogP contribution in [-0.4, -0.2) is 129 Å². The van der Waals surface area contributed by atoms with Crippen LogP contribution in [-0.2, 0) is 33.2 Å². The van der Waals surface area contributed by atoms with Crippen LogP contribution < -0.4 is 0 Å². The highest BCUT2D eigenvalue weighted by Gasteiger charge is 2.72. The molecule has 328 valence electrons. The number of fused-ring (bicyclic) bond motifs is 5. The van der Waals surface area contributed by atoms with Gasteiger partial charge >= 0.3 is 5.97 Å². The Morgan fingerprint density at radius 3 is 2.09 bits per heavy atom. The Morgan fingerprint density at radius 1 is 0.807 bits per heavy atom. The van der Waals surface area contributed by atoms with Crippen LogP contribution in [0, 0.1) is 45.3 Å². The van der Waals surface area contributed by atoms with E-state index in [2.05, 4.69) is 34.6 Å². The minimum absolute atomic E-state index is 0.0899. The summed E-state index contributed by atoms with van der Waals surface area (Å²) in [5, 5.41) is 66.6. The van der Waals surface area contributed by atoms with Crippen molar-refractivity contribution in [2.24, 2.45) is 45.3 Å². The summed E-state index contributed by atoms with van der Waals surface area (Å²) in [6.45, 7) is 20.4. The van der Waals surface area contributed by atoms with Gasteiger partial charge in [-0.25, -0.2) is 0 Å². The van der Waals surface area contributed by atoms with Gasteiger partial charge in [-0.3, -0.25) is 4.79 Å². The number of carbonyl (C=O) groups excluding carboxylic acids is 1. The summed E-state index contributed by atoms with van der Waals surface area (Å²) in [5.41, 5.74) is -2.44. The first-order chi connectivity index (χ1) is 26.3. The lowest BCUT2D eigenvalue weighted by Crippen LogP contribution is -2.68. The predicted molar refractivity (Wildman–Crippen MR) is 209 cm³/mol. The van der Waals surface area contributed by atoms with E-state index in [0.29, 0.717) is 19.3 Å². The second kappa shape index (κ2) is 15.9. The van der Waals surface area contributed by atoms with E-state index < -0.39 is 78.6 Å². The van der Waals surface area contributed by atoms with Gasteiger partial charge in [-0.15, -0.1) is 0 Å². The van der Waals surface area contributed by atoms with Crippen LogP contribution in [0.15, 0.2) is 12.2 Å². The van der Waals surface area contributed by atoms with Crippen LogP contribution >= 0.6 is 0 Å². The molecule has 0 aromatic rings. The number of hydrogen-bond donors (Lipinski definition) is 6. The van der Waals surface area contributed by atoms with Gasteiger partial charge in [0.25, 0.3) is 0 Å². The highest BCUT2D eigenvalue weighted by atomic mass is 16.7. The second-order valence-electron chi connectivity index (χ2n) is 20.8. The molecule has 0 aromatic heterocycles. The Morgan fingerprint density at radius 2 is 1.44 bits per heavy atom. The zero-order chi connectivity index (χ0) is 42.3. The minimum Gasteiger partial charge on any atom is -0.463 e. The van der Waals surface area contributed by atoms with Crippen molar-refractivity contribution >= 4 is 5.97 Å². The third kappa shape index (κ3) is 7.81. The molecule has 4 aliphatic carbocycles. The molecule has 10 unspecified atom stereocenters. The molecule has 2 heterocycles. The molecule has 19 atom stereocenters. The first-order valence-corrected chi connectivity index (χ1v) is 21.5. The third-order valence-corrected chi connectivity index (χ3v) is 16.9. The van der Waals surface area contributed by atoms with Crippen LogP contribution in [0.25, 0.3) is 0 Å². The van der Waals surface area contributed by atoms with Crippen molar-refractivity contribution in [1.82, 2.24) is 0 Å². The number of aliphatic hydroxyl groups is 6. The second-order valence-corrected chi connectivity index (χ2v) is 20.8. The van der Waals surface area contributed by atoms with E-state index in [1.165, 1.54) is 6.92 Å². The molecule has 57 heavy (non-hydrogen) atoms. The van der Waals surface area contributed by atoms with Crippen LogP contribution in [0.5, 0.6) is 0 Å². The molecule has 0 spiro atoms. The SMILES string of the molecule is COC(C)(C)/C=C/CC(C)(O)C1CCC2(C)C1C(O[C@@H]1O[C@H](C)[C@@H](O)[C@H](O)[C@H]1O)CC1C3(C)CCC(O[C@@H]4O[C@@H](COC(C)=O)[C@H](O)[C@H]4O)C(C)(C)C3CCC12C. The van der Waals surface area contributed by atoms with Crippen LogP contribution in [0.2, 0.25) is 0 Å². The van der Waals surface area contributed by atoms with Gasteiger partial charge in [-0.2, -0.15) is 0 Å². The average molecular weight is 811 g/mol. The fourth-order valence-corrected chi connectivity index (χ4v) is 13.2. The molecule has 4 saturated carbocycles. The molecule has 6 rings (SSSR count). The minimum atomic E-state index is -1.45. The molecular formula is C44H74O13. The topological polar surface area (TPSA) is 194 Å². The third-order valence-electron chi connectivity index (χ3n) is 16.9. The van der Waals surface area contributed by atoms with Crippen LogP contribution in [0.1, 0.15) is 121 Å². The average Bonchev–Trinajstić information content (AvgIpc) is 3.64. The van der Waals surface area contributed by atoms with Gasteiger partial charge in [0.15, 0.2) is 12.6 Å². The number of rotatable bonds is 11. The normalized spacial score (nSPS) is 49.5. The van der Waals surface area contributed by atoms with E-state index in [1.54, 1.807) is 14.0 Å². The van der Waals surface area contributed by atoms with Crippen molar-refractivity contribution in [3.63, 3.8) is 0 Å². The summed E-state index contributed by atoms with van der Waals surface area (Å²) < 4.78 is 36.2. The summed E-state index contributed by atoms with van der Waals surface area (Å²) in [5.74, 6) is -0.321. The van der Waals surface area contributed by atoms with Gasteiger partial charge in [0.1, 0.15) is 43.2 Å². The number of ether oxygens (including phenoxy) is 6. The van der Waals surface area contributed by atoms with Crippen molar-refractivity contribution < 1.29 is 63.9 Å². The smallest absolute Gasteiger partial charge is 0.302 e. The molecular weight excluding hydrogens is 736 g/mol. The summed E-state index contributed by atoms with van der Waals surface area (Å²) in [7, 11) is 1.67. The zero-order valence-electron chi connectivity index (χ0n) is 36.2. The van der Waals surface area contributed by atoms with Crippen molar-refractivity contribution in [3.05, 3.63) is 12.2 Å². The highest BCUT2D eigenvalue weighted by Crippen LogP contribution is 2.76. The Kier molecular flexibility index (Phi) is 12.6. The van der Waals surface area contributed by atoms with Gasteiger partial charge in [0, 0.05) is 14.0 Å². The van der Waals surface area contributed by atoms with Gasteiger partial charge in [0.2, 0.25) is 0 Å². The Labute approximate surface area is 339 Å². The van der Waals surface area contributed by atoms with Gasteiger partial charge in [-0.05, 0) is 124 Å². The molecule has 6 fully saturated rings. The van der Waals surface area contributed by atoms with Gasteiger partial charge in [0.05, 0.1) is 29.5 Å².